The maximum atomic E-state index is 13.6. The zero-order valence-corrected chi connectivity index (χ0v) is 59.7. The van der Waals surface area contributed by atoms with Gasteiger partial charge >= 0.3 is 24.1 Å². The van der Waals surface area contributed by atoms with Crippen molar-refractivity contribution in [1.82, 2.24) is 10.6 Å². The van der Waals surface area contributed by atoms with E-state index in [9.17, 15) is 19.2 Å². The fraction of sp³-hybridized carbons (Fsp3) is 0.861. The topological polar surface area (TPSA) is 166 Å². The van der Waals surface area contributed by atoms with E-state index in [1.165, 1.54) is 25.7 Å². The number of esters is 2. The number of hydrogen-bond donors (Lipinski definition) is 2. The van der Waals surface area contributed by atoms with Crippen LogP contribution in [-0.4, -0.2) is 167 Å². The molecule has 0 aromatic heterocycles. The molecule has 8 fully saturated rings. The van der Waals surface area contributed by atoms with E-state index in [1.807, 2.05) is 95.0 Å². The molecule has 16 nitrogen and oxygen atoms in total. The lowest BCUT2D eigenvalue weighted by Gasteiger charge is -2.64. The molecule has 8 aliphatic carbocycles. The number of alkyl carbamates (subject to hydrolysis) is 2. The van der Waals surface area contributed by atoms with Crippen molar-refractivity contribution in [3.05, 3.63) is 35.4 Å². The molecule has 18 heteroatoms. The molecular weight excluding hydrogens is 1180 g/mol. The Balaban J connectivity index is 0.00000576. The van der Waals surface area contributed by atoms with Crippen molar-refractivity contribution in [2.45, 2.75) is 207 Å². The van der Waals surface area contributed by atoms with Gasteiger partial charge in [0.05, 0.1) is 79.9 Å². The number of benzene rings is 1. The molecule has 22 atom stereocenters. The number of halogens is 2. The first kappa shape index (κ1) is 74.4. The minimum absolute atomic E-state index is 0. The Labute approximate surface area is 554 Å². The standard InChI is InChI=1S/C72H118N4O12.2ClH/c1-45(20-18-32-85-63(77)43-75(7,8)9)53-24-26-55-65-57(39-61(83-15)71(53,55)5)69(3)30-28-51(35-49(69)37-59(65)81-13)87-67(79)73-41-47-22-17-23-48(34-47)42-74-68(80)88-52-29-31-70(4)50(36-52)38-60(82-14)66-56-27-25-54(72(56,6)62(84-16)40-58(66)70)46(2)21-19-33-86-64(78)44-76(10,11)12;;/h17,22-23,34,45-46,49-62,65-66H,18-21,24-33,35-44H2,1-16H3;2*1H/t45-,46-,49+,50+,51-,52-,53-,54-,55+,56+,57+,58+,59-,60-,61+,62+,65+,66+,69+,70+,71-,72-;;/m1../s1. The van der Waals surface area contributed by atoms with Crippen LogP contribution in [0.4, 0.5) is 9.59 Å². The van der Waals surface area contributed by atoms with Crippen LogP contribution in [0.1, 0.15) is 168 Å². The van der Waals surface area contributed by atoms with Crippen LogP contribution in [0.5, 0.6) is 0 Å². The Bertz CT molecular complexity index is 2390. The van der Waals surface area contributed by atoms with E-state index in [4.69, 9.17) is 37.9 Å². The van der Waals surface area contributed by atoms with Gasteiger partial charge < -0.3 is 82.3 Å². The Hall–Kier alpha value is -2.96. The molecule has 1 aromatic carbocycles. The molecule has 514 valence electrons. The number of rotatable bonds is 24. The van der Waals surface area contributed by atoms with Gasteiger partial charge in [-0.3, -0.25) is 0 Å². The summed E-state index contributed by atoms with van der Waals surface area (Å²) in [7, 11) is 19.7. The largest absolute Gasteiger partial charge is 1.00 e. The molecule has 8 saturated carbocycles. The molecule has 2 N–H and O–H groups in total. The lowest BCUT2D eigenvalue weighted by atomic mass is 9.43. The normalized spacial score (nSPS) is 38.3. The summed E-state index contributed by atoms with van der Waals surface area (Å²) < 4.78 is 51.1. The Morgan fingerprint density at radius 2 is 0.922 bits per heavy atom. The highest BCUT2D eigenvalue weighted by atomic mass is 35.5. The number of nitrogens with one attached hydrogen (secondary N) is 2. The van der Waals surface area contributed by atoms with Crippen LogP contribution in [-0.2, 0) is 60.6 Å². The third kappa shape index (κ3) is 15.8. The summed E-state index contributed by atoms with van der Waals surface area (Å²) in [5.74, 6) is 5.36. The van der Waals surface area contributed by atoms with E-state index in [-0.39, 0.29) is 95.0 Å². The highest BCUT2D eigenvalue weighted by Crippen LogP contribution is 2.71. The second-order valence-corrected chi connectivity index (χ2v) is 32.7. The molecule has 0 unspecified atom stereocenters. The monoisotopic (exact) mass is 1300 g/mol. The quantitative estimate of drug-likeness (QED) is 0.0535. The van der Waals surface area contributed by atoms with E-state index in [1.54, 1.807) is 0 Å². The summed E-state index contributed by atoms with van der Waals surface area (Å²) >= 11 is 0. The van der Waals surface area contributed by atoms with Crippen molar-refractivity contribution in [3.8, 4) is 0 Å². The van der Waals surface area contributed by atoms with Crippen LogP contribution in [0.15, 0.2) is 24.3 Å². The van der Waals surface area contributed by atoms with Crippen LogP contribution in [0, 0.1) is 92.7 Å². The van der Waals surface area contributed by atoms with Gasteiger partial charge in [0.2, 0.25) is 0 Å². The van der Waals surface area contributed by atoms with Crippen molar-refractivity contribution in [2.24, 2.45) is 92.7 Å². The lowest BCUT2D eigenvalue weighted by Crippen LogP contribution is -3.00. The number of carbonyl (C=O) groups excluding carboxylic acids is 4. The summed E-state index contributed by atoms with van der Waals surface area (Å²) in [4.78, 5) is 52.0. The molecular formula is C72H120Cl2N4O12. The van der Waals surface area contributed by atoms with Gasteiger partial charge in [-0.1, -0.05) is 65.8 Å². The van der Waals surface area contributed by atoms with Crippen LogP contribution < -0.4 is 35.4 Å². The first-order chi connectivity index (χ1) is 41.6. The van der Waals surface area contributed by atoms with E-state index >= 15 is 0 Å². The van der Waals surface area contributed by atoms with E-state index < -0.39 is 12.2 Å². The van der Waals surface area contributed by atoms with Crippen LogP contribution >= 0.6 is 0 Å². The first-order valence-corrected chi connectivity index (χ1v) is 34.6. The molecule has 2 amide bonds. The van der Waals surface area contributed by atoms with E-state index in [0.29, 0.717) is 119 Å². The maximum absolute atomic E-state index is 13.6. The number of methoxy groups -OCH3 is 4. The lowest BCUT2D eigenvalue weighted by molar-refractivity contribution is -0.862. The Kier molecular flexibility index (Phi) is 25.2. The number of fused-ring (bicyclic) bond motifs is 10. The van der Waals surface area contributed by atoms with Crippen molar-refractivity contribution in [2.75, 3.05) is 97.0 Å². The van der Waals surface area contributed by atoms with Gasteiger partial charge in [0.15, 0.2) is 13.1 Å². The summed E-state index contributed by atoms with van der Waals surface area (Å²) in [5.41, 5.74) is 2.13. The second-order valence-electron chi connectivity index (χ2n) is 32.7. The number of hydrogen-bond acceptors (Lipinski definition) is 12. The average molecular weight is 1300 g/mol. The molecule has 1 aromatic rings. The Morgan fingerprint density at radius 3 is 1.28 bits per heavy atom. The SMILES string of the molecule is CO[C@H]1C[C@H]2[C@@H]([C@H](OC)C[C@@H]3C[C@H](OC(=O)NCc4cccc(CNC(=O)O[C@@H]5CC[C@@]6(C)[C@@H](C5)C[C@@H](OC)[C@@H]5[C@@H]6C[C@H](OC)[C@]6(C)[C@@H]([C@H](C)CCCOC(=O)C[N+](C)(C)C)CC[C@@H]56)c4)CC[C@@]32C)[C@@H]2CC[C@H]([C@H](C)CCCOC(=O)C[N+](C)(C)C)[C@@]12C.[Cl-].[Cl-]. The number of ether oxygens (including phenoxy) is 8. The average Bonchev–Trinajstić information content (AvgIpc) is 1.31. The maximum Gasteiger partial charge on any atom is 0.407 e. The molecule has 0 bridgehead atoms. The number of nitrogens with zero attached hydrogens (tertiary/aromatic N) is 2. The molecule has 0 aliphatic heterocycles. The zero-order valence-electron chi connectivity index (χ0n) is 58.2. The summed E-state index contributed by atoms with van der Waals surface area (Å²) in [6, 6.07) is 7.98. The third-order valence-electron chi connectivity index (χ3n) is 25.8. The predicted octanol–water partition coefficient (Wildman–Crippen LogP) is 6.03. The smallest absolute Gasteiger partial charge is 0.407 e. The van der Waals surface area contributed by atoms with Crippen molar-refractivity contribution >= 4 is 24.1 Å². The molecule has 0 radical (unpaired) electrons. The van der Waals surface area contributed by atoms with Crippen LogP contribution in [0.25, 0.3) is 0 Å². The minimum Gasteiger partial charge on any atom is -1.00 e. The fourth-order valence-electron chi connectivity index (χ4n) is 21.6. The zero-order chi connectivity index (χ0) is 63.7. The van der Waals surface area contributed by atoms with Crippen molar-refractivity contribution in [3.63, 3.8) is 0 Å². The highest BCUT2D eigenvalue weighted by molar-refractivity contribution is 5.71. The Morgan fingerprint density at radius 1 is 0.533 bits per heavy atom. The van der Waals surface area contributed by atoms with Crippen molar-refractivity contribution < 1.29 is 90.9 Å². The number of amides is 2. The summed E-state index contributed by atoms with van der Waals surface area (Å²) in [6.45, 7) is 17.2. The van der Waals surface area contributed by atoms with Crippen LogP contribution in [0.2, 0.25) is 0 Å². The predicted molar refractivity (Wildman–Crippen MR) is 340 cm³/mol. The van der Waals surface area contributed by atoms with Gasteiger partial charge in [0.25, 0.3) is 0 Å². The van der Waals surface area contributed by atoms with Gasteiger partial charge in [0.1, 0.15) is 12.2 Å². The number of carbonyl (C=O) groups is 4. The van der Waals surface area contributed by atoms with Crippen LogP contribution in [0.3, 0.4) is 0 Å². The number of likely N-dealkylation sites (N-methyl/N-ethyl adjacent to an activating group) is 2. The van der Waals surface area contributed by atoms with Gasteiger partial charge in [-0.2, -0.15) is 0 Å². The van der Waals surface area contributed by atoms with Crippen molar-refractivity contribution in [1.29, 1.82) is 0 Å². The molecule has 0 saturated heterocycles. The molecule has 90 heavy (non-hydrogen) atoms. The van der Waals surface area contributed by atoms with Gasteiger partial charge in [0, 0.05) is 52.4 Å². The second kappa shape index (κ2) is 30.4. The van der Waals surface area contributed by atoms with Gasteiger partial charge in [-0.25, -0.2) is 19.2 Å². The molecule has 9 rings (SSSR count). The summed E-state index contributed by atoms with van der Waals surface area (Å²) in [6.07, 6.45) is 17.4. The van der Waals surface area contributed by atoms with Gasteiger partial charge in [-0.15, -0.1) is 0 Å². The first-order valence-electron chi connectivity index (χ1n) is 34.6. The summed E-state index contributed by atoms with van der Waals surface area (Å²) in [5, 5.41) is 6.10. The van der Waals surface area contributed by atoms with Gasteiger partial charge in [-0.05, 0) is 209 Å². The third-order valence-corrected chi connectivity index (χ3v) is 25.8. The molecule has 0 spiro atoms. The highest BCUT2D eigenvalue weighted by Gasteiger charge is 2.68. The molecule has 0 heterocycles. The number of quaternary nitrogens is 2. The molecule has 8 aliphatic rings. The van der Waals surface area contributed by atoms with E-state index in [0.717, 1.165) is 101 Å². The minimum atomic E-state index is -0.397. The fourth-order valence-corrected chi connectivity index (χ4v) is 21.6. The van der Waals surface area contributed by atoms with E-state index in [2.05, 4.69) is 52.2 Å².